The largest absolute Gasteiger partial charge is 0.388 e. The van der Waals surface area contributed by atoms with Gasteiger partial charge in [0.05, 0.1) is 6.10 Å². The lowest BCUT2D eigenvalue weighted by Crippen LogP contribution is -1.94. The first-order valence-electron chi connectivity index (χ1n) is 3.89. The molecule has 1 aromatic rings. The van der Waals surface area contributed by atoms with Crippen LogP contribution < -0.4 is 0 Å². The van der Waals surface area contributed by atoms with Crippen LogP contribution in [-0.2, 0) is 0 Å². The first-order chi connectivity index (χ1) is 5.16. The molecule has 0 bridgehead atoms. The lowest BCUT2D eigenvalue weighted by atomic mass is 10.1. The Bertz CT molecular complexity index is 240. The number of thiophene rings is 1. The summed E-state index contributed by atoms with van der Waals surface area (Å²) in [6, 6.07) is 0. The summed E-state index contributed by atoms with van der Waals surface area (Å²) in [4.78, 5) is 1.31. The number of hydrogen-bond donors (Lipinski definition) is 1. The van der Waals surface area contributed by atoms with Crippen LogP contribution in [0.2, 0.25) is 0 Å². The minimum Gasteiger partial charge on any atom is -0.388 e. The quantitative estimate of drug-likeness (QED) is 0.723. The fourth-order valence-electron chi connectivity index (χ4n) is 1.08. The number of hydrogen-bond acceptors (Lipinski definition) is 2. The molecule has 0 aliphatic carbocycles. The number of aryl methyl sites for hydroxylation is 1. The van der Waals surface area contributed by atoms with Crippen molar-refractivity contribution in [3.05, 3.63) is 21.4 Å². The van der Waals surface area contributed by atoms with Crippen molar-refractivity contribution in [2.75, 3.05) is 0 Å². The molecule has 62 valence electrons. The molecule has 1 N–H and O–H groups in total. The van der Waals surface area contributed by atoms with E-state index in [9.17, 15) is 5.11 Å². The summed E-state index contributed by atoms with van der Waals surface area (Å²) >= 11 is 1.71. The molecule has 2 heteroatoms. The van der Waals surface area contributed by atoms with Gasteiger partial charge in [0, 0.05) is 4.88 Å². The van der Waals surface area contributed by atoms with E-state index >= 15 is 0 Å². The molecule has 1 unspecified atom stereocenters. The zero-order chi connectivity index (χ0) is 8.43. The van der Waals surface area contributed by atoms with Crippen molar-refractivity contribution in [3.63, 3.8) is 0 Å². The average molecular weight is 170 g/mol. The number of aliphatic hydroxyl groups excluding tert-OH is 1. The topological polar surface area (TPSA) is 20.2 Å². The van der Waals surface area contributed by atoms with Gasteiger partial charge in [0.2, 0.25) is 0 Å². The average Bonchev–Trinajstić information content (AvgIpc) is 2.32. The Morgan fingerprint density at radius 3 is 2.55 bits per heavy atom. The van der Waals surface area contributed by atoms with Crippen LogP contribution >= 0.6 is 11.3 Å². The van der Waals surface area contributed by atoms with Gasteiger partial charge in [-0.15, -0.1) is 11.3 Å². The molecule has 0 aliphatic rings. The molecule has 0 saturated heterocycles. The Balaban J connectivity index is 2.94. The normalized spacial score (nSPS) is 13.5. The van der Waals surface area contributed by atoms with E-state index < -0.39 is 0 Å². The van der Waals surface area contributed by atoms with Crippen molar-refractivity contribution in [2.45, 2.75) is 33.3 Å². The van der Waals surface area contributed by atoms with Gasteiger partial charge < -0.3 is 5.11 Å². The van der Waals surface area contributed by atoms with Crippen LogP contribution in [0.3, 0.4) is 0 Å². The van der Waals surface area contributed by atoms with Gasteiger partial charge in [-0.3, -0.25) is 0 Å². The summed E-state index contributed by atoms with van der Waals surface area (Å²) in [5.41, 5.74) is 2.36. The molecule has 0 radical (unpaired) electrons. The van der Waals surface area contributed by atoms with Crippen molar-refractivity contribution in [1.29, 1.82) is 0 Å². The van der Waals surface area contributed by atoms with Crippen LogP contribution in [0, 0.1) is 13.8 Å². The standard InChI is InChI=1S/C9H14OS/c1-4-9(10)8-5-11-7(3)6(8)2/h5,9-10H,4H2,1-3H3. The first-order valence-corrected chi connectivity index (χ1v) is 4.77. The maximum absolute atomic E-state index is 9.53. The molecule has 0 amide bonds. The zero-order valence-electron chi connectivity index (χ0n) is 7.22. The van der Waals surface area contributed by atoms with Crippen LogP contribution in [0.25, 0.3) is 0 Å². The summed E-state index contributed by atoms with van der Waals surface area (Å²) in [6.07, 6.45) is 0.539. The van der Waals surface area contributed by atoms with E-state index in [1.54, 1.807) is 11.3 Å². The molecule has 1 atom stereocenters. The highest BCUT2D eigenvalue weighted by atomic mass is 32.1. The lowest BCUT2D eigenvalue weighted by Gasteiger charge is -2.06. The zero-order valence-corrected chi connectivity index (χ0v) is 8.03. The van der Waals surface area contributed by atoms with Crippen LogP contribution in [0.1, 0.15) is 35.5 Å². The lowest BCUT2D eigenvalue weighted by molar-refractivity contribution is 0.173. The fraction of sp³-hybridized carbons (Fsp3) is 0.556. The molecular formula is C9H14OS. The number of rotatable bonds is 2. The van der Waals surface area contributed by atoms with Crippen LogP contribution in [0.4, 0.5) is 0 Å². The second-order valence-electron chi connectivity index (χ2n) is 2.80. The minimum absolute atomic E-state index is 0.264. The maximum Gasteiger partial charge on any atom is 0.0798 e. The highest BCUT2D eigenvalue weighted by Crippen LogP contribution is 2.27. The summed E-state index contributed by atoms with van der Waals surface area (Å²) in [7, 11) is 0. The Hall–Kier alpha value is -0.340. The Morgan fingerprint density at radius 2 is 2.18 bits per heavy atom. The van der Waals surface area contributed by atoms with Gasteiger partial charge in [-0.2, -0.15) is 0 Å². The molecule has 1 rings (SSSR count). The Labute approximate surface area is 71.7 Å². The highest BCUT2D eigenvalue weighted by Gasteiger charge is 2.10. The summed E-state index contributed by atoms with van der Waals surface area (Å²) < 4.78 is 0. The predicted octanol–water partition coefficient (Wildman–Crippen LogP) is 2.81. The highest BCUT2D eigenvalue weighted by molar-refractivity contribution is 7.10. The van der Waals surface area contributed by atoms with E-state index in [1.807, 2.05) is 6.92 Å². The van der Waals surface area contributed by atoms with Gasteiger partial charge in [0.25, 0.3) is 0 Å². The van der Waals surface area contributed by atoms with Crippen molar-refractivity contribution < 1.29 is 5.11 Å². The monoisotopic (exact) mass is 170 g/mol. The van der Waals surface area contributed by atoms with E-state index in [0.717, 1.165) is 12.0 Å². The molecule has 0 fully saturated rings. The fourth-order valence-corrected chi connectivity index (χ4v) is 2.01. The predicted molar refractivity (Wildman–Crippen MR) is 49.0 cm³/mol. The van der Waals surface area contributed by atoms with Gasteiger partial charge in [-0.25, -0.2) is 0 Å². The second-order valence-corrected chi connectivity index (χ2v) is 3.88. The first kappa shape index (κ1) is 8.75. The van der Waals surface area contributed by atoms with Crippen molar-refractivity contribution >= 4 is 11.3 Å². The molecule has 1 heterocycles. The van der Waals surface area contributed by atoms with Gasteiger partial charge in [0.1, 0.15) is 0 Å². The summed E-state index contributed by atoms with van der Waals surface area (Å²) in [5, 5.41) is 11.6. The minimum atomic E-state index is -0.264. The molecule has 0 spiro atoms. The van der Waals surface area contributed by atoms with Crippen LogP contribution in [-0.4, -0.2) is 5.11 Å². The summed E-state index contributed by atoms with van der Waals surface area (Å²) in [6.45, 7) is 6.16. The molecule has 11 heavy (non-hydrogen) atoms. The van der Waals surface area contributed by atoms with E-state index in [2.05, 4.69) is 19.2 Å². The second kappa shape index (κ2) is 3.37. The smallest absolute Gasteiger partial charge is 0.0798 e. The third kappa shape index (κ3) is 1.63. The van der Waals surface area contributed by atoms with Gasteiger partial charge in [0.15, 0.2) is 0 Å². The Morgan fingerprint density at radius 1 is 1.55 bits per heavy atom. The molecule has 1 nitrogen and oxygen atoms in total. The molecule has 0 aliphatic heterocycles. The third-order valence-electron chi connectivity index (χ3n) is 2.07. The van der Waals surface area contributed by atoms with Crippen LogP contribution in [0.5, 0.6) is 0 Å². The van der Waals surface area contributed by atoms with Crippen LogP contribution in [0.15, 0.2) is 5.38 Å². The number of aliphatic hydroxyl groups is 1. The van der Waals surface area contributed by atoms with E-state index in [4.69, 9.17) is 0 Å². The third-order valence-corrected chi connectivity index (χ3v) is 3.10. The van der Waals surface area contributed by atoms with E-state index in [1.165, 1.54) is 10.4 Å². The van der Waals surface area contributed by atoms with Gasteiger partial charge >= 0.3 is 0 Å². The maximum atomic E-state index is 9.53. The van der Waals surface area contributed by atoms with Crippen molar-refractivity contribution in [3.8, 4) is 0 Å². The van der Waals surface area contributed by atoms with Gasteiger partial charge in [-0.1, -0.05) is 6.92 Å². The molecule has 0 saturated carbocycles. The molecular weight excluding hydrogens is 156 g/mol. The summed E-state index contributed by atoms with van der Waals surface area (Å²) in [5.74, 6) is 0. The molecule has 1 aromatic heterocycles. The van der Waals surface area contributed by atoms with E-state index in [-0.39, 0.29) is 6.10 Å². The Kier molecular flexibility index (Phi) is 2.68. The molecule has 0 aromatic carbocycles. The SMILES string of the molecule is CCC(O)c1csc(C)c1C. The van der Waals surface area contributed by atoms with E-state index in [0.29, 0.717) is 0 Å². The van der Waals surface area contributed by atoms with Crippen molar-refractivity contribution in [1.82, 2.24) is 0 Å². The van der Waals surface area contributed by atoms with Crippen molar-refractivity contribution in [2.24, 2.45) is 0 Å². The van der Waals surface area contributed by atoms with Gasteiger partial charge in [-0.05, 0) is 36.8 Å².